The van der Waals surface area contributed by atoms with E-state index in [0.717, 1.165) is 16.8 Å². The number of fused-ring (bicyclic) bond motifs is 1. The molecular formula is C22H28N2O6S. The van der Waals surface area contributed by atoms with E-state index in [2.05, 4.69) is 5.32 Å². The summed E-state index contributed by atoms with van der Waals surface area (Å²) in [6.07, 6.45) is 1.31. The molecule has 0 saturated carbocycles. The molecule has 0 saturated heterocycles. The van der Waals surface area contributed by atoms with Gasteiger partial charge in [0.2, 0.25) is 21.7 Å². The Hall–Kier alpha value is -2.94. The number of para-hydroxylation sites is 1. The zero-order valence-electron chi connectivity index (χ0n) is 18.0. The molecule has 0 aliphatic carbocycles. The number of nitrogens with zero attached hydrogens (tertiary/aromatic N) is 1. The third-order valence-corrected chi connectivity index (χ3v) is 7.04. The van der Waals surface area contributed by atoms with Crippen molar-refractivity contribution in [1.29, 1.82) is 0 Å². The summed E-state index contributed by atoms with van der Waals surface area (Å²) >= 11 is 0. The lowest BCUT2D eigenvalue weighted by molar-refractivity contribution is -0.120. The van der Waals surface area contributed by atoms with Crippen molar-refractivity contribution in [2.24, 2.45) is 0 Å². The predicted octanol–water partition coefficient (Wildman–Crippen LogP) is 2.15. The van der Waals surface area contributed by atoms with Gasteiger partial charge in [-0.3, -0.25) is 9.10 Å². The van der Waals surface area contributed by atoms with Gasteiger partial charge in [-0.15, -0.1) is 0 Å². The highest BCUT2D eigenvalue weighted by Gasteiger charge is 2.28. The summed E-state index contributed by atoms with van der Waals surface area (Å²) in [6.45, 7) is 0.498. The van der Waals surface area contributed by atoms with Crippen LogP contribution < -0.4 is 23.8 Å². The van der Waals surface area contributed by atoms with Crippen LogP contribution in [0.25, 0.3) is 0 Å². The maximum Gasteiger partial charge on any atom is 0.236 e. The van der Waals surface area contributed by atoms with Crippen molar-refractivity contribution in [2.75, 3.05) is 44.5 Å². The monoisotopic (exact) mass is 448 g/mol. The smallest absolute Gasteiger partial charge is 0.236 e. The lowest BCUT2D eigenvalue weighted by Crippen LogP contribution is -2.37. The molecule has 0 atom stereocenters. The summed E-state index contributed by atoms with van der Waals surface area (Å²) in [5, 5.41) is 2.70. The number of carbonyl (C=O) groups excluding carboxylic acids is 1. The molecule has 1 heterocycles. The van der Waals surface area contributed by atoms with Gasteiger partial charge in [-0.25, -0.2) is 8.42 Å². The third kappa shape index (κ3) is 5.04. The molecule has 8 nitrogen and oxygen atoms in total. The number of anilines is 1. The first-order chi connectivity index (χ1) is 14.9. The molecule has 3 rings (SSSR count). The number of sulfonamides is 1. The maximum absolute atomic E-state index is 12.7. The number of rotatable bonds is 10. The molecule has 2 aromatic rings. The van der Waals surface area contributed by atoms with Crippen LogP contribution >= 0.6 is 0 Å². The molecule has 1 amide bonds. The Kier molecular flexibility index (Phi) is 7.27. The predicted molar refractivity (Wildman–Crippen MR) is 119 cm³/mol. The number of carbonyl (C=O) groups is 1. The fourth-order valence-corrected chi connectivity index (χ4v) is 5.15. The van der Waals surface area contributed by atoms with Crippen LogP contribution in [0.4, 0.5) is 5.69 Å². The average molecular weight is 449 g/mol. The molecule has 0 bridgehead atoms. The van der Waals surface area contributed by atoms with E-state index in [1.807, 2.05) is 30.3 Å². The van der Waals surface area contributed by atoms with Crippen LogP contribution in [0.2, 0.25) is 0 Å². The first kappa shape index (κ1) is 22.7. The molecule has 168 valence electrons. The number of hydrogen-bond donors (Lipinski definition) is 1. The SMILES string of the molecule is COc1ccc(CCC(=O)NCCS(=O)(=O)N2CCc3ccccc32)c(OC)c1OC. The van der Waals surface area contributed by atoms with E-state index in [1.165, 1.54) is 18.5 Å². The number of benzene rings is 2. The minimum absolute atomic E-state index is 0.0584. The van der Waals surface area contributed by atoms with Crippen LogP contribution in [0.5, 0.6) is 17.2 Å². The number of ether oxygens (including phenoxy) is 3. The summed E-state index contributed by atoms with van der Waals surface area (Å²) in [5.74, 6) is 1.16. The summed E-state index contributed by atoms with van der Waals surface area (Å²) in [5.41, 5.74) is 2.56. The van der Waals surface area contributed by atoms with Crippen molar-refractivity contribution in [3.05, 3.63) is 47.5 Å². The van der Waals surface area contributed by atoms with Crippen molar-refractivity contribution >= 4 is 21.6 Å². The normalized spacial score (nSPS) is 12.9. The summed E-state index contributed by atoms with van der Waals surface area (Å²) in [4.78, 5) is 12.3. The first-order valence-corrected chi connectivity index (χ1v) is 11.6. The van der Waals surface area contributed by atoms with Gasteiger partial charge in [0.25, 0.3) is 0 Å². The van der Waals surface area contributed by atoms with E-state index in [-0.39, 0.29) is 24.6 Å². The minimum Gasteiger partial charge on any atom is -0.493 e. The molecule has 0 spiro atoms. The summed E-state index contributed by atoms with van der Waals surface area (Å²) in [7, 11) is 1.10. The number of nitrogens with one attached hydrogen (secondary N) is 1. The van der Waals surface area contributed by atoms with Crippen molar-refractivity contribution in [3.63, 3.8) is 0 Å². The van der Waals surface area contributed by atoms with Crippen molar-refractivity contribution in [2.45, 2.75) is 19.3 Å². The largest absolute Gasteiger partial charge is 0.493 e. The lowest BCUT2D eigenvalue weighted by Gasteiger charge is -2.19. The molecule has 0 aromatic heterocycles. The van der Waals surface area contributed by atoms with Crippen LogP contribution in [0.15, 0.2) is 36.4 Å². The van der Waals surface area contributed by atoms with Crippen LogP contribution in [0.1, 0.15) is 17.5 Å². The molecule has 9 heteroatoms. The highest BCUT2D eigenvalue weighted by Crippen LogP contribution is 2.40. The molecule has 0 radical (unpaired) electrons. The fraction of sp³-hybridized carbons (Fsp3) is 0.409. The topological polar surface area (TPSA) is 94.2 Å². The van der Waals surface area contributed by atoms with Gasteiger partial charge in [0.1, 0.15) is 0 Å². The minimum atomic E-state index is -3.50. The maximum atomic E-state index is 12.7. The van der Waals surface area contributed by atoms with Crippen LogP contribution in [-0.2, 0) is 27.7 Å². The third-order valence-electron chi connectivity index (χ3n) is 5.27. The van der Waals surface area contributed by atoms with Gasteiger partial charge in [0, 0.05) is 19.5 Å². The number of amides is 1. The Bertz CT molecular complexity index is 1040. The van der Waals surface area contributed by atoms with Crippen LogP contribution in [-0.4, -0.2) is 54.5 Å². The van der Waals surface area contributed by atoms with Crippen molar-refractivity contribution < 1.29 is 27.4 Å². The fourth-order valence-electron chi connectivity index (χ4n) is 3.72. The highest BCUT2D eigenvalue weighted by atomic mass is 32.2. The molecule has 31 heavy (non-hydrogen) atoms. The Balaban J connectivity index is 1.53. The van der Waals surface area contributed by atoms with Gasteiger partial charge in [-0.05, 0) is 36.1 Å². The summed E-state index contributed by atoms with van der Waals surface area (Å²) in [6, 6.07) is 11.1. The number of aryl methyl sites for hydroxylation is 1. The Morgan fingerprint density at radius 2 is 1.77 bits per heavy atom. The number of methoxy groups -OCH3 is 3. The Morgan fingerprint density at radius 1 is 1.03 bits per heavy atom. The summed E-state index contributed by atoms with van der Waals surface area (Å²) < 4.78 is 42.9. The van der Waals surface area contributed by atoms with Gasteiger partial charge in [-0.1, -0.05) is 24.3 Å². The second-order valence-electron chi connectivity index (χ2n) is 7.11. The van der Waals surface area contributed by atoms with E-state index >= 15 is 0 Å². The molecule has 1 aliphatic heterocycles. The number of hydrogen-bond acceptors (Lipinski definition) is 6. The van der Waals surface area contributed by atoms with Gasteiger partial charge >= 0.3 is 0 Å². The Morgan fingerprint density at radius 3 is 2.48 bits per heavy atom. The van der Waals surface area contributed by atoms with Crippen LogP contribution in [0.3, 0.4) is 0 Å². The van der Waals surface area contributed by atoms with E-state index in [1.54, 1.807) is 13.2 Å². The standard InChI is InChI=1S/C22H28N2O6S/c1-28-19-10-8-17(21(29-2)22(19)30-3)9-11-20(25)23-13-15-31(26,27)24-14-12-16-6-4-5-7-18(16)24/h4-8,10H,9,11-15H2,1-3H3,(H,23,25). The van der Waals surface area contributed by atoms with E-state index in [0.29, 0.717) is 36.6 Å². The zero-order chi connectivity index (χ0) is 22.4. The lowest BCUT2D eigenvalue weighted by atomic mass is 10.1. The molecular weight excluding hydrogens is 420 g/mol. The van der Waals surface area contributed by atoms with Gasteiger partial charge in [0.05, 0.1) is 32.8 Å². The second kappa shape index (κ2) is 9.91. The molecule has 1 aliphatic rings. The molecule has 0 fully saturated rings. The molecule has 2 aromatic carbocycles. The average Bonchev–Trinajstić information content (AvgIpc) is 3.22. The molecule has 1 N–H and O–H groups in total. The van der Waals surface area contributed by atoms with Gasteiger partial charge in [-0.2, -0.15) is 0 Å². The zero-order valence-corrected chi connectivity index (χ0v) is 18.8. The second-order valence-corrected chi connectivity index (χ2v) is 9.12. The van der Waals surface area contributed by atoms with Gasteiger partial charge in [0.15, 0.2) is 11.5 Å². The van der Waals surface area contributed by atoms with Crippen molar-refractivity contribution in [1.82, 2.24) is 5.32 Å². The Labute approximate surface area is 183 Å². The quantitative estimate of drug-likeness (QED) is 0.599. The van der Waals surface area contributed by atoms with E-state index < -0.39 is 10.0 Å². The van der Waals surface area contributed by atoms with E-state index in [4.69, 9.17) is 14.2 Å². The van der Waals surface area contributed by atoms with Crippen LogP contribution in [0, 0.1) is 0 Å². The van der Waals surface area contributed by atoms with Gasteiger partial charge < -0.3 is 19.5 Å². The highest BCUT2D eigenvalue weighted by molar-refractivity contribution is 7.92. The van der Waals surface area contributed by atoms with Crippen molar-refractivity contribution in [3.8, 4) is 17.2 Å². The first-order valence-electron chi connectivity index (χ1n) is 10.0. The molecule has 0 unspecified atom stereocenters. The van der Waals surface area contributed by atoms with E-state index in [9.17, 15) is 13.2 Å².